The zero-order valence-electron chi connectivity index (χ0n) is 10.00. The lowest BCUT2D eigenvalue weighted by Gasteiger charge is -2.05. The number of aryl methyl sites for hydroxylation is 1. The van der Waals surface area contributed by atoms with Gasteiger partial charge in [0, 0.05) is 24.2 Å². The van der Waals surface area contributed by atoms with Gasteiger partial charge >= 0.3 is 0 Å². The summed E-state index contributed by atoms with van der Waals surface area (Å²) >= 11 is 0. The van der Waals surface area contributed by atoms with Gasteiger partial charge in [0.25, 0.3) is 0 Å². The Morgan fingerprint density at radius 2 is 2.06 bits per heavy atom. The molecule has 1 aliphatic rings. The second kappa shape index (κ2) is 4.21. The van der Waals surface area contributed by atoms with Crippen LogP contribution in [0, 0.1) is 5.92 Å². The van der Waals surface area contributed by atoms with Crippen LogP contribution in [0.2, 0.25) is 0 Å². The lowest BCUT2D eigenvalue weighted by molar-refractivity contribution is -0.117. The number of benzene rings is 1. The maximum atomic E-state index is 11.6. The van der Waals surface area contributed by atoms with Crippen LogP contribution in [-0.2, 0) is 11.8 Å². The first kappa shape index (κ1) is 10.9. The number of nitrogens with one attached hydrogen (secondary N) is 1. The zero-order chi connectivity index (χ0) is 12.5. The first-order valence-corrected chi connectivity index (χ1v) is 5.88. The average Bonchev–Trinajstić information content (AvgIpc) is 3.14. The van der Waals surface area contributed by atoms with Crippen molar-refractivity contribution in [3.05, 3.63) is 24.3 Å². The van der Waals surface area contributed by atoms with Crippen molar-refractivity contribution in [2.45, 2.75) is 12.8 Å². The van der Waals surface area contributed by atoms with E-state index in [4.69, 9.17) is 0 Å². The molecule has 1 aromatic heterocycles. The number of nitrogens with zero attached hydrogens (tertiary/aromatic N) is 4. The third-order valence-electron chi connectivity index (χ3n) is 2.98. The van der Waals surface area contributed by atoms with Crippen molar-refractivity contribution in [1.82, 2.24) is 20.2 Å². The van der Waals surface area contributed by atoms with Crippen LogP contribution in [0.5, 0.6) is 0 Å². The second-order valence-electron chi connectivity index (χ2n) is 4.47. The average molecular weight is 243 g/mol. The van der Waals surface area contributed by atoms with Crippen LogP contribution < -0.4 is 5.32 Å². The third-order valence-corrected chi connectivity index (χ3v) is 2.98. The summed E-state index contributed by atoms with van der Waals surface area (Å²) in [5, 5.41) is 14.2. The quantitative estimate of drug-likeness (QED) is 0.879. The Bertz CT molecular complexity index is 570. The van der Waals surface area contributed by atoms with E-state index in [0.717, 1.165) is 24.1 Å². The van der Waals surface area contributed by atoms with Crippen molar-refractivity contribution < 1.29 is 4.79 Å². The summed E-state index contributed by atoms with van der Waals surface area (Å²) < 4.78 is 1.61. The van der Waals surface area contributed by atoms with Crippen molar-refractivity contribution in [2.24, 2.45) is 13.0 Å². The topological polar surface area (TPSA) is 72.7 Å². The molecule has 0 bridgehead atoms. The monoisotopic (exact) mass is 243 g/mol. The van der Waals surface area contributed by atoms with E-state index in [1.807, 2.05) is 24.3 Å². The number of hydrogen-bond acceptors (Lipinski definition) is 4. The number of rotatable bonds is 3. The molecular formula is C12H13N5O. The van der Waals surface area contributed by atoms with Crippen molar-refractivity contribution in [2.75, 3.05) is 5.32 Å². The number of anilines is 1. The van der Waals surface area contributed by atoms with Crippen LogP contribution in [-0.4, -0.2) is 26.1 Å². The smallest absolute Gasteiger partial charge is 0.227 e. The molecular weight excluding hydrogens is 230 g/mol. The number of carbonyl (C=O) groups excluding carboxylic acids is 1. The van der Waals surface area contributed by atoms with Gasteiger partial charge in [-0.3, -0.25) is 4.79 Å². The number of aromatic nitrogens is 4. The molecule has 0 unspecified atom stereocenters. The summed E-state index contributed by atoms with van der Waals surface area (Å²) in [6.45, 7) is 0. The van der Waals surface area contributed by atoms with Gasteiger partial charge in [-0.1, -0.05) is 0 Å². The number of tetrazole rings is 1. The van der Waals surface area contributed by atoms with E-state index in [9.17, 15) is 4.79 Å². The molecule has 1 aromatic carbocycles. The Balaban J connectivity index is 1.76. The Morgan fingerprint density at radius 3 is 2.61 bits per heavy atom. The van der Waals surface area contributed by atoms with E-state index in [1.165, 1.54) is 0 Å². The molecule has 6 nitrogen and oxygen atoms in total. The minimum atomic E-state index is 0.114. The Labute approximate surface area is 104 Å². The highest BCUT2D eigenvalue weighted by Gasteiger charge is 2.29. The van der Waals surface area contributed by atoms with Gasteiger partial charge in [-0.15, -0.1) is 5.10 Å². The molecule has 1 heterocycles. The first-order chi connectivity index (χ1) is 8.74. The number of amides is 1. The van der Waals surface area contributed by atoms with Gasteiger partial charge in [0.15, 0.2) is 5.82 Å². The SMILES string of the molecule is Cn1nnnc1-c1ccc(NC(=O)C2CC2)cc1. The highest BCUT2D eigenvalue weighted by Crippen LogP contribution is 2.30. The maximum absolute atomic E-state index is 11.6. The summed E-state index contributed by atoms with van der Waals surface area (Å²) in [6, 6.07) is 7.52. The highest BCUT2D eigenvalue weighted by atomic mass is 16.2. The lowest BCUT2D eigenvalue weighted by atomic mass is 10.2. The van der Waals surface area contributed by atoms with Crippen molar-refractivity contribution in [3.63, 3.8) is 0 Å². The van der Waals surface area contributed by atoms with Crippen LogP contribution in [0.4, 0.5) is 5.69 Å². The van der Waals surface area contributed by atoms with Gasteiger partial charge in [-0.2, -0.15) is 0 Å². The van der Waals surface area contributed by atoms with E-state index in [-0.39, 0.29) is 11.8 Å². The van der Waals surface area contributed by atoms with E-state index in [2.05, 4.69) is 20.8 Å². The fraction of sp³-hybridized carbons (Fsp3) is 0.333. The van der Waals surface area contributed by atoms with Gasteiger partial charge in [-0.25, -0.2) is 4.68 Å². The van der Waals surface area contributed by atoms with Crippen molar-refractivity contribution in [1.29, 1.82) is 0 Å². The second-order valence-corrected chi connectivity index (χ2v) is 4.47. The third kappa shape index (κ3) is 2.09. The number of hydrogen-bond donors (Lipinski definition) is 1. The molecule has 18 heavy (non-hydrogen) atoms. The molecule has 0 radical (unpaired) electrons. The lowest BCUT2D eigenvalue weighted by Crippen LogP contribution is -2.13. The minimum absolute atomic E-state index is 0.114. The molecule has 6 heteroatoms. The molecule has 3 rings (SSSR count). The van der Waals surface area contributed by atoms with Gasteiger partial charge in [-0.05, 0) is 47.5 Å². The van der Waals surface area contributed by atoms with Crippen LogP contribution in [0.1, 0.15) is 12.8 Å². The largest absolute Gasteiger partial charge is 0.326 e. The maximum Gasteiger partial charge on any atom is 0.227 e. The molecule has 1 amide bonds. The molecule has 1 fully saturated rings. The molecule has 1 aliphatic carbocycles. The molecule has 1 saturated carbocycles. The summed E-state index contributed by atoms with van der Waals surface area (Å²) in [6.07, 6.45) is 2.02. The first-order valence-electron chi connectivity index (χ1n) is 5.88. The van der Waals surface area contributed by atoms with Gasteiger partial charge in [0.05, 0.1) is 0 Å². The molecule has 0 atom stereocenters. The summed E-state index contributed by atoms with van der Waals surface area (Å²) in [4.78, 5) is 11.6. The Kier molecular flexibility index (Phi) is 2.55. The van der Waals surface area contributed by atoms with E-state index in [1.54, 1.807) is 11.7 Å². The molecule has 92 valence electrons. The van der Waals surface area contributed by atoms with Crippen LogP contribution >= 0.6 is 0 Å². The number of carbonyl (C=O) groups is 1. The van der Waals surface area contributed by atoms with Crippen LogP contribution in [0.3, 0.4) is 0 Å². The van der Waals surface area contributed by atoms with Gasteiger partial charge in [0.2, 0.25) is 5.91 Å². The standard InChI is InChI=1S/C12H13N5O/c1-17-11(14-15-16-17)8-4-6-10(7-5-8)13-12(18)9-2-3-9/h4-7,9H,2-3H2,1H3,(H,13,18). The van der Waals surface area contributed by atoms with Crippen molar-refractivity contribution in [3.8, 4) is 11.4 Å². The summed E-state index contributed by atoms with van der Waals surface area (Å²) in [5.74, 6) is 1.03. The Morgan fingerprint density at radius 1 is 1.33 bits per heavy atom. The molecule has 0 aliphatic heterocycles. The molecule has 1 N–H and O–H groups in total. The minimum Gasteiger partial charge on any atom is -0.326 e. The molecule has 0 saturated heterocycles. The molecule has 2 aromatic rings. The van der Waals surface area contributed by atoms with E-state index >= 15 is 0 Å². The van der Waals surface area contributed by atoms with E-state index in [0.29, 0.717) is 5.82 Å². The summed E-state index contributed by atoms with van der Waals surface area (Å²) in [7, 11) is 1.79. The zero-order valence-corrected chi connectivity index (χ0v) is 10.00. The van der Waals surface area contributed by atoms with Gasteiger partial charge in [0.1, 0.15) is 0 Å². The predicted octanol–water partition coefficient (Wildman–Crippen LogP) is 1.23. The van der Waals surface area contributed by atoms with Gasteiger partial charge < -0.3 is 5.32 Å². The predicted molar refractivity (Wildman–Crippen MR) is 65.6 cm³/mol. The van der Waals surface area contributed by atoms with Crippen molar-refractivity contribution >= 4 is 11.6 Å². The summed E-state index contributed by atoms with van der Waals surface area (Å²) in [5.41, 5.74) is 1.73. The fourth-order valence-corrected chi connectivity index (χ4v) is 1.77. The normalized spacial score (nSPS) is 14.5. The fourth-order valence-electron chi connectivity index (χ4n) is 1.77. The Hall–Kier alpha value is -2.24. The van der Waals surface area contributed by atoms with Crippen LogP contribution in [0.15, 0.2) is 24.3 Å². The van der Waals surface area contributed by atoms with E-state index < -0.39 is 0 Å². The van der Waals surface area contributed by atoms with Crippen LogP contribution in [0.25, 0.3) is 11.4 Å². The highest BCUT2D eigenvalue weighted by molar-refractivity contribution is 5.94. The molecule has 0 spiro atoms.